The molecule has 0 aliphatic carbocycles. The Hall–Kier alpha value is -5.73. The standard InChI is InChI=1S/C39H42FN5O7S/c1-25(27-14-16-31(40)17-15-27)42-38(47)28-19-29(21-32(20-28)44(2)53(5,49)50)39(48)43-33(18-26-10-7-6-8-11-26)34(46)24-45-23-30(22-41-45)37-35(51-3)12-9-13-36(37)52-4/h6-17,19-23,25,33-34,46H,18,24H2,1-5H3,(H,42,47)(H,43,48)/t25-,33+,34+/m1/s1. The van der Waals surface area contributed by atoms with E-state index in [0.29, 0.717) is 28.2 Å². The first-order chi connectivity index (χ1) is 25.3. The predicted octanol–water partition coefficient (Wildman–Crippen LogP) is 5.00. The number of ether oxygens (including phenoxy) is 2. The summed E-state index contributed by atoms with van der Waals surface area (Å²) in [5.41, 5.74) is 2.97. The van der Waals surface area contributed by atoms with E-state index in [1.807, 2.05) is 36.4 Å². The van der Waals surface area contributed by atoms with Crippen molar-refractivity contribution in [2.75, 3.05) is 31.8 Å². The van der Waals surface area contributed by atoms with Crippen LogP contribution in [0.25, 0.3) is 11.1 Å². The summed E-state index contributed by atoms with van der Waals surface area (Å²) < 4.78 is 52.2. The molecule has 3 atom stereocenters. The second kappa shape index (κ2) is 16.7. The van der Waals surface area contributed by atoms with Crippen molar-refractivity contribution in [3.8, 4) is 22.6 Å². The molecule has 14 heteroatoms. The van der Waals surface area contributed by atoms with E-state index in [9.17, 15) is 27.5 Å². The first-order valence-corrected chi connectivity index (χ1v) is 18.5. The number of hydrogen-bond acceptors (Lipinski definition) is 8. The molecule has 5 rings (SSSR count). The van der Waals surface area contributed by atoms with Crippen LogP contribution in [-0.4, -0.2) is 74.8 Å². The molecule has 0 radical (unpaired) electrons. The molecule has 53 heavy (non-hydrogen) atoms. The van der Waals surface area contributed by atoms with Crippen LogP contribution < -0.4 is 24.4 Å². The van der Waals surface area contributed by atoms with Crippen LogP contribution in [0.2, 0.25) is 0 Å². The summed E-state index contributed by atoms with van der Waals surface area (Å²) in [5, 5.41) is 21.8. The van der Waals surface area contributed by atoms with Gasteiger partial charge in [-0.2, -0.15) is 5.10 Å². The van der Waals surface area contributed by atoms with Gasteiger partial charge in [0.15, 0.2) is 0 Å². The minimum Gasteiger partial charge on any atom is -0.496 e. The highest BCUT2D eigenvalue weighted by Crippen LogP contribution is 2.38. The van der Waals surface area contributed by atoms with Crippen molar-refractivity contribution in [2.24, 2.45) is 0 Å². The molecule has 0 unspecified atom stereocenters. The Balaban J connectivity index is 1.43. The number of sulfonamides is 1. The predicted molar refractivity (Wildman–Crippen MR) is 200 cm³/mol. The normalized spacial score (nSPS) is 13.0. The average molecular weight is 744 g/mol. The number of methoxy groups -OCH3 is 2. The van der Waals surface area contributed by atoms with Gasteiger partial charge in [-0.1, -0.05) is 48.5 Å². The highest BCUT2D eigenvalue weighted by atomic mass is 32.2. The Morgan fingerprint density at radius 2 is 1.51 bits per heavy atom. The highest BCUT2D eigenvalue weighted by Gasteiger charge is 2.26. The van der Waals surface area contributed by atoms with E-state index in [1.165, 1.54) is 37.4 Å². The van der Waals surface area contributed by atoms with Crippen LogP contribution in [0.1, 0.15) is 44.8 Å². The monoisotopic (exact) mass is 743 g/mol. The van der Waals surface area contributed by atoms with Gasteiger partial charge in [0.1, 0.15) is 17.3 Å². The first kappa shape index (κ1) is 38.5. The number of nitrogens with one attached hydrogen (secondary N) is 2. The summed E-state index contributed by atoms with van der Waals surface area (Å²) in [7, 11) is 0.650. The van der Waals surface area contributed by atoms with Crippen LogP contribution in [0.4, 0.5) is 10.1 Å². The Kier molecular flexibility index (Phi) is 12.2. The molecular weight excluding hydrogens is 702 g/mol. The van der Waals surface area contributed by atoms with Crippen LogP contribution in [0.3, 0.4) is 0 Å². The third kappa shape index (κ3) is 9.58. The number of rotatable bonds is 15. The summed E-state index contributed by atoms with van der Waals surface area (Å²) in [6, 6.07) is 23.1. The highest BCUT2D eigenvalue weighted by molar-refractivity contribution is 7.92. The second-order valence-corrected chi connectivity index (χ2v) is 14.6. The van der Waals surface area contributed by atoms with Crippen molar-refractivity contribution in [3.05, 3.63) is 131 Å². The van der Waals surface area contributed by atoms with Gasteiger partial charge in [0.05, 0.1) is 62.7 Å². The number of amides is 2. The summed E-state index contributed by atoms with van der Waals surface area (Å²) in [6.45, 7) is 1.72. The summed E-state index contributed by atoms with van der Waals surface area (Å²) >= 11 is 0. The quantitative estimate of drug-likeness (QED) is 0.136. The van der Waals surface area contributed by atoms with E-state index in [1.54, 1.807) is 62.5 Å². The zero-order chi connectivity index (χ0) is 38.3. The van der Waals surface area contributed by atoms with Gasteiger partial charge in [-0.3, -0.25) is 18.6 Å². The maximum Gasteiger partial charge on any atom is 0.251 e. The molecule has 0 aliphatic rings. The van der Waals surface area contributed by atoms with Crippen molar-refractivity contribution < 1.29 is 37.0 Å². The maximum atomic E-state index is 14.0. The lowest BCUT2D eigenvalue weighted by molar-refractivity contribution is 0.0780. The molecule has 1 heterocycles. The van der Waals surface area contributed by atoms with E-state index >= 15 is 0 Å². The third-order valence-electron chi connectivity index (χ3n) is 8.82. The fraction of sp³-hybridized carbons (Fsp3) is 0.256. The third-order valence-corrected chi connectivity index (χ3v) is 10.0. The molecule has 4 aromatic carbocycles. The van der Waals surface area contributed by atoms with E-state index in [4.69, 9.17) is 9.47 Å². The van der Waals surface area contributed by atoms with E-state index < -0.39 is 45.8 Å². The van der Waals surface area contributed by atoms with Crippen LogP contribution in [0, 0.1) is 5.82 Å². The fourth-order valence-electron chi connectivity index (χ4n) is 5.81. The molecule has 278 valence electrons. The topological polar surface area (TPSA) is 152 Å². The Labute approximate surface area is 308 Å². The molecule has 0 spiro atoms. The minimum atomic E-state index is -3.78. The number of aliphatic hydroxyl groups excluding tert-OH is 1. The van der Waals surface area contributed by atoms with Gasteiger partial charge in [-0.25, -0.2) is 12.8 Å². The summed E-state index contributed by atoms with van der Waals surface area (Å²) in [5.74, 6) is -0.477. The number of anilines is 1. The number of carbonyl (C=O) groups is 2. The number of halogens is 1. The molecule has 1 aromatic heterocycles. The van der Waals surface area contributed by atoms with E-state index in [-0.39, 0.29) is 29.8 Å². The van der Waals surface area contributed by atoms with Crippen molar-refractivity contribution >= 4 is 27.5 Å². The fourth-order valence-corrected chi connectivity index (χ4v) is 6.30. The Morgan fingerprint density at radius 3 is 2.09 bits per heavy atom. The van der Waals surface area contributed by atoms with Crippen molar-refractivity contribution in [2.45, 2.75) is 38.1 Å². The first-order valence-electron chi connectivity index (χ1n) is 16.7. The lowest BCUT2D eigenvalue weighted by Crippen LogP contribution is -2.46. The van der Waals surface area contributed by atoms with Crippen molar-refractivity contribution in [3.63, 3.8) is 0 Å². The number of benzene rings is 4. The molecule has 0 saturated heterocycles. The van der Waals surface area contributed by atoms with Gasteiger partial charge in [0.25, 0.3) is 11.8 Å². The average Bonchev–Trinajstić information content (AvgIpc) is 3.61. The summed E-state index contributed by atoms with van der Waals surface area (Å²) in [4.78, 5) is 27.5. The molecule has 5 aromatic rings. The van der Waals surface area contributed by atoms with Gasteiger partial charge in [0.2, 0.25) is 10.0 Å². The van der Waals surface area contributed by atoms with Crippen LogP contribution >= 0.6 is 0 Å². The molecule has 0 bridgehead atoms. The largest absolute Gasteiger partial charge is 0.496 e. The number of nitrogens with zero attached hydrogens (tertiary/aromatic N) is 3. The lowest BCUT2D eigenvalue weighted by Gasteiger charge is -2.25. The molecule has 12 nitrogen and oxygen atoms in total. The van der Waals surface area contributed by atoms with Gasteiger partial charge in [-0.05, 0) is 66.9 Å². The van der Waals surface area contributed by atoms with Crippen LogP contribution in [0.15, 0.2) is 103 Å². The Bertz CT molecular complexity index is 2140. The molecule has 0 saturated carbocycles. The van der Waals surface area contributed by atoms with Crippen LogP contribution in [-0.2, 0) is 23.0 Å². The van der Waals surface area contributed by atoms with Crippen molar-refractivity contribution in [1.82, 2.24) is 20.4 Å². The lowest BCUT2D eigenvalue weighted by atomic mass is 10.00. The molecular formula is C39H42FN5O7S. The van der Waals surface area contributed by atoms with E-state index in [0.717, 1.165) is 16.1 Å². The van der Waals surface area contributed by atoms with Crippen molar-refractivity contribution in [1.29, 1.82) is 0 Å². The van der Waals surface area contributed by atoms with Gasteiger partial charge < -0.3 is 25.2 Å². The number of aromatic nitrogens is 2. The molecule has 3 N–H and O–H groups in total. The van der Waals surface area contributed by atoms with Crippen LogP contribution in [0.5, 0.6) is 11.5 Å². The zero-order valence-electron chi connectivity index (χ0n) is 30.0. The number of aliphatic hydroxyl groups is 1. The van der Waals surface area contributed by atoms with E-state index in [2.05, 4.69) is 15.7 Å². The minimum absolute atomic E-state index is 0.00102. The molecule has 0 fully saturated rings. The Morgan fingerprint density at radius 1 is 0.906 bits per heavy atom. The van der Waals surface area contributed by atoms with Gasteiger partial charge in [0, 0.05) is 29.9 Å². The molecule has 2 amide bonds. The molecule has 0 aliphatic heterocycles. The smallest absolute Gasteiger partial charge is 0.251 e. The number of carbonyl (C=O) groups excluding carboxylic acids is 2. The van der Waals surface area contributed by atoms with Gasteiger partial charge in [-0.15, -0.1) is 0 Å². The SMILES string of the molecule is COc1cccc(OC)c1-c1cnn(C[C@H](O)[C@H](Cc2ccccc2)NC(=O)c2cc(C(=O)N[C@H](C)c3ccc(F)cc3)cc(N(C)S(C)(=O)=O)c2)c1. The summed E-state index contributed by atoms with van der Waals surface area (Å²) in [6.07, 6.45) is 3.48. The zero-order valence-corrected chi connectivity index (χ0v) is 30.8. The second-order valence-electron chi connectivity index (χ2n) is 12.6. The maximum absolute atomic E-state index is 14.0. The van der Waals surface area contributed by atoms with Gasteiger partial charge >= 0.3 is 0 Å². The number of hydrogen-bond donors (Lipinski definition) is 3.